The Morgan fingerprint density at radius 3 is 2.50 bits per heavy atom. The highest BCUT2D eigenvalue weighted by Gasteiger charge is 2.34. The standard InChI is InChI=1S/C14H19F4NS/c1-3-7-19-13(6-8-20-2)10-4-5-11(12(15)9-10)14(16,17)18/h4-5,9,13,19H,3,6-8H2,1-2H3. The van der Waals surface area contributed by atoms with Gasteiger partial charge in [0, 0.05) is 6.04 Å². The van der Waals surface area contributed by atoms with Crippen LogP contribution in [0.25, 0.3) is 0 Å². The zero-order valence-corrected chi connectivity index (χ0v) is 12.4. The second kappa shape index (κ2) is 7.88. The van der Waals surface area contributed by atoms with Gasteiger partial charge in [0.05, 0.1) is 5.56 Å². The van der Waals surface area contributed by atoms with Gasteiger partial charge >= 0.3 is 6.18 Å². The summed E-state index contributed by atoms with van der Waals surface area (Å²) in [7, 11) is 0. The Morgan fingerprint density at radius 2 is 2.00 bits per heavy atom. The number of thioether (sulfide) groups is 1. The van der Waals surface area contributed by atoms with E-state index in [1.165, 1.54) is 6.07 Å². The van der Waals surface area contributed by atoms with Crippen LogP contribution in [-0.4, -0.2) is 18.6 Å². The van der Waals surface area contributed by atoms with E-state index >= 15 is 0 Å². The summed E-state index contributed by atoms with van der Waals surface area (Å²) in [5.74, 6) is -0.341. The van der Waals surface area contributed by atoms with Gasteiger partial charge in [0.1, 0.15) is 5.82 Å². The molecule has 0 saturated carbocycles. The average Bonchev–Trinajstić information content (AvgIpc) is 2.37. The van der Waals surface area contributed by atoms with E-state index < -0.39 is 17.6 Å². The van der Waals surface area contributed by atoms with Gasteiger partial charge in [-0.05, 0) is 49.1 Å². The van der Waals surface area contributed by atoms with Gasteiger partial charge in [0.15, 0.2) is 0 Å². The maximum absolute atomic E-state index is 13.6. The van der Waals surface area contributed by atoms with E-state index in [1.807, 2.05) is 13.2 Å². The van der Waals surface area contributed by atoms with E-state index in [1.54, 1.807) is 11.8 Å². The van der Waals surface area contributed by atoms with E-state index in [9.17, 15) is 17.6 Å². The summed E-state index contributed by atoms with van der Waals surface area (Å²) >= 11 is 1.66. The van der Waals surface area contributed by atoms with Crippen LogP contribution in [0.5, 0.6) is 0 Å². The van der Waals surface area contributed by atoms with Crippen LogP contribution in [0.1, 0.15) is 36.9 Å². The van der Waals surface area contributed by atoms with Crippen molar-refractivity contribution < 1.29 is 17.6 Å². The van der Waals surface area contributed by atoms with Crippen molar-refractivity contribution >= 4 is 11.8 Å². The molecule has 0 heterocycles. The van der Waals surface area contributed by atoms with Crippen LogP contribution in [0.4, 0.5) is 17.6 Å². The summed E-state index contributed by atoms with van der Waals surface area (Å²) in [6.07, 6.45) is -1.01. The molecule has 1 unspecified atom stereocenters. The minimum Gasteiger partial charge on any atom is -0.310 e. The first-order valence-electron chi connectivity index (χ1n) is 6.49. The topological polar surface area (TPSA) is 12.0 Å². The van der Waals surface area contributed by atoms with E-state index in [-0.39, 0.29) is 6.04 Å². The molecule has 6 heteroatoms. The van der Waals surface area contributed by atoms with Crippen molar-refractivity contribution in [2.24, 2.45) is 0 Å². The van der Waals surface area contributed by atoms with Crippen molar-refractivity contribution in [3.05, 3.63) is 35.1 Å². The number of alkyl halides is 3. The fourth-order valence-electron chi connectivity index (χ4n) is 1.92. The van der Waals surface area contributed by atoms with Crippen molar-refractivity contribution in [1.29, 1.82) is 0 Å². The molecule has 1 atom stereocenters. The molecule has 20 heavy (non-hydrogen) atoms. The monoisotopic (exact) mass is 309 g/mol. The highest BCUT2D eigenvalue weighted by molar-refractivity contribution is 7.98. The van der Waals surface area contributed by atoms with Crippen LogP contribution in [0.2, 0.25) is 0 Å². The average molecular weight is 309 g/mol. The van der Waals surface area contributed by atoms with Crippen molar-refractivity contribution in [2.75, 3.05) is 18.6 Å². The molecule has 114 valence electrons. The molecule has 0 fully saturated rings. The zero-order chi connectivity index (χ0) is 15.2. The Bertz CT molecular complexity index is 412. The number of nitrogens with one attached hydrogen (secondary N) is 1. The molecule has 0 aliphatic heterocycles. The molecular formula is C14H19F4NS. The normalized spacial score (nSPS) is 13.5. The van der Waals surface area contributed by atoms with Gasteiger partial charge in [0.2, 0.25) is 0 Å². The first-order valence-corrected chi connectivity index (χ1v) is 7.88. The molecule has 1 nitrogen and oxygen atoms in total. The highest BCUT2D eigenvalue weighted by Crippen LogP contribution is 2.32. The van der Waals surface area contributed by atoms with E-state index in [4.69, 9.17) is 0 Å². The van der Waals surface area contributed by atoms with Crippen molar-refractivity contribution in [3.8, 4) is 0 Å². The minimum atomic E-state index is -4.64. The van der Waals surface area contributed by atoms with Crippen molar-refractivity contribution in [3.63, 3.8) is 0 Å². The quantitative estimate of drug-likeness (QED) is 0.737. The summed E-state index contributed by atoms with van der Waals surface area (Å²) in [6, 6.07) is 3.07. The summed E-state index contributed by atoms with van der Waals surface area (Å²) < 4.78 is 51.2. The molecule has 0 aromatic heterocycles. The van der Waals surface area contributed by atoms with E-state index in [0.29, 0.717) is 5.56 Å². The van der Waals surface area contributed by atoms with Gasteiger partial charge in [-0.2, -0.15) is 24.9 Å². The first kappa shape index (κ1) is 17.3. The van der Waals surface area contributed by atoms with Crippen LogP contribution >= 0.6 is 11.8 Å². The minimum absolute atomic E-state index is 0.112. The lowest BCUT2D eigenvalue weighted by Crippen LogP contribution is -2.23. The second-order valence-electron chi connectivity index (χ2n) is 4.53. The number of hydrogen-bond donors (Lipinski definition) is 1. The smallest absolute Gasteiger partial charge is 0.310 e. The number of benzene rings is 1. The summed E-state index contributed by atoms with van der Waals surface area (Å²) in [6.45, 7) is 2.76. The first-order chi connectivity index (χ1) is 9.40. The molecular weight excluding hydrogens is 290 g/mol. The van der Waals surface area contributed by atoms with Crippen molar-refractivity contribution in [1.82, 2.24) is 5.32 Å². The lowest BCUT2D eigenvalue weighted by Gasteiger charge is -2.19. The van der Waals surface area contributed by atoms with E-state index in [0.717, 1.165) is 37.3 Å². The molecule has 0 saturated heterocycles. The van der Waals surface area contributed by atoms with Crippen molar-refractivity contribution in [2.45, 2.75) is 32.0 Å². The summed E-state index contributed by atoms with van der Waals surface area (Å²) in [5, 5.41) is 3.24. The van der Waals surface area contributed by atoms with Gasteiger partial charge in [0.25, 0.3) is 0 Å². The Morgan fingerprint density at radius 1 is 1.30 bits per heavy atom. The number of rotatable bonds is 7. The molecule has 0 bridgehead atoms. The third kappa shape index (κ3) is 4.98. The maximum Gasteiger partial charge on any atom is 0.419 e. The molecule has 0 aliphatic rings. The zero-order valence-electron chi connectivity index (χ0n) is 11.6. The molecule has 0 spiro atoms. The Hall–Kier alpha value is -0.750. The van der Waals surface area contributed by atoms with Gasteiger partial charge in [-0.25, -0.2) is 4.39 Å². The van der Waals surface area contributed by atoms with Gasteiger partial charge in [-0.1, -0.05) is 13.0 Å². The second-order valence-corrected chi connectivity index (χ2v) is 5.51. The molecule has 1 N–H and O–H groups in total. The van der Waals surface area contributed by atoms with Crippen LogP contribution in [0.15, 0.2) is 18.2 Å². The lowest BCUT2D eigenvalue weighted by atomic mass is 10.0. The molecule has 0 radical (unpaired) electrons. The predicted molar refractivity (Wildman–Crippen MR) is 75.4 cm³/mol. The third-order valence-electron chi connectivity index (χ3n) is 2.95. The van der Waals surface area contributed by atoms with Crippen LogP contribution in [-0.2, 0) is 6.18 Å². The summed E-state index contributed by atoms with van der Waals surface area (Å²) in [4.78, 5) is 0. The third-order valence-corrected chi connectivity index (χ3v) is 3.60. The fourth-order valence-corrected chi connectivity index (χ4v) is 2.39. The lowest BCUT2D eigenvalue weighted by molar-refractivity contribution is -0.140. The van der Waals surface area contributed by atoms with Gasteiger partial charge in [-0.15, -0.1) is 0 Å². The SMILES string of the molecule is CCCNC(CCSC)c1ccc(C(F)(F)F)c(F)c1. The molecule has 1 aromatic carbocycles. The predicted octanol–water partition coefficient (Wildman–Crippen LogP) is 4.64. The van der Waals surface area contributed by atoms with Crippen LogP contribution in [0, 0.1) is 5.82 Å². The Balaban J connectivity index is 2.93. The number of halogens is 4. The Kier molecular flexibility index (Phi) is 6.82. The maximum atomic E-state index is 13.6. The molecule has 1 aromatic rings. The molecule has 1 rings (SSSR count). The largest absolute Gasteiger partial charge is 0.419 e. The van der Waals surface area contributed by atoms with Gasteiger partial charge in [-0.3, -0.25) is 0 Å². The fraction of sp³-hybridized carbons (Fsp3) is 0.571. The van der Waals surface area contributed by atoms with Gasteiger partial charge < -0.3 is 5.32 Å². The molecule has 0 amide bonds. The Labute approximate surface area is 121 Å². The number of hydrogen-bond acceptors (Lipinski definition) is 2. The van der Waals surface area contributed by atoms with Crippen LogP contribution in [0.3, 0.4) is 0 Å². The van der Waals surface area contributed by atoms with Crippen LogP contribution < -0.4 is 5.32 Å². The molecule has 0 aliphatic carbocycles. The van der Waals surface area contributed by atoms with E-state index in [2.05, 4.69) is 5.32 Å². The summed E-state index contributed by atoms with van der Waals surface area (Å²) in [5.41, 5.74) is -0.640. The highest BCUT2D eigenvalue weighted by atomic mass is 32.2.